The van der Waals surface area contributed by atoms with Crippen LogP contribution in [0, 0.1) is 0 Å². The summed E-state index contributed by atoms with van der Waals surface area (Å²) in [5, 5.41) is 4.32. The van der Waals surface area contributed by atoms with E-state index in [-0.39, 0.29) is 11.8 Å². The molecule has 2 amide bonds. The van der Waals surface area contributed by atoms with Crippen molar-refractivity contribution in [3.05, 3.63) is 59.9 Å². The quantitative estimate of drug-likeness (QED) is 0.304. The topological polar surface area (TPSA) is 82.1 Å². The van der Waals surface area contributed by atoms with Crippen molar-refractivity contribution in [1.82, 2.24) is 14.5 Å². The van der Waals surface area contributed by atoms with Gasteiger partial charge in [0, 0.05) is 64.5 Å². The maximum Gasteiger partial charge on any atom is 0.259 e. The van der Waals surface area contributed by atoms with Crippen LogP contribution in [-0.2, 0) is 23.7 Å². The molecule has 5 rings (SSSR count). The summed E-state index contributed by atoms with van der Waals surface area (Å²) in [6.07, 6.45) is 5.84. The average Bonchev–Trinajstić information content (AvgIpc) is 3.32. The summed E-state index contributed by atoms with van der Waals surface area (Å²) in [7, 11) is 3.85. The van der Waals surface area contributed by atoms with Gasteiger partial charge in [-0.3, -0.25) is 14.9 Å². The second kappa shape index (κ2) is 6.53. The van der Waals surface area contributed by atoms with E-state index in [0.29, 0.717) is 16.8 Å². The van der Waals surface area contributed by atoms with Gasteiger partial charge in [-0.2, -0.15) is 0 Å². The summed E-state index contributed by atoms with van der Waals surface area (Å²) in [6.45, 7) is 0. The highest BCUT2D eigenvalue weighted by atomic mass is 32.2. The van der Waals surface area contributed by atoms with E-state index in [4.69, 9.17) is 5.73 Å². The van der Waals surface area contributed by atoms with Crippen LogP contribution in [0.25, 0.3) is 33.0 Å². The van der Waals surface area contributed by atoms with Crippen molar-refractivity contribution in [1.29, 1.82) is 0 Å². The Morgan fingerprint density at radius 2 is 1.37 bits per heavy atom. The monoisotopic (exact) mass is 416 g/mol. The molecule has 0 unspecified atom stereocenters. The van der Waals surface area contributed by atoms with Gasteiger partial charge in [-0.25, -0.2) is 0 Å². The molecule has 4 aromatic rings. The van der Waals surface area contributed by atoms with Gasteiger partial charge in [0.1, 0.15) is 0 Å². The fourth-order valence-electron chi connectivity index (χ4n) is 4.26. The SMILES string of the molecule is CSc1ccc2c(C3=C(c4cn(C)c5cc(N)ccc45)C(=O)NC3=O)cn(C)c2c1. The Morgan fingerprint density at radius 3 is 1.93 bits per heavy atom. The summed E-state index contributed by atoms with van der Waals surface area (Å²) in [5.74, 6) is -0.749. The maximum absolute atomic E-state index is 12.9. The van der Waals surface area contributed by atoms with Crippen molar-refractivity contribution in [2.24, 2.45) is 14.1 Å². The second-order valence-corrected chi connectivity index (χ2v) is 8.38. The van der Waals surface area contributed by atoms with E-state index in [1.54, 1.807) is 11.8 Å². The molecule has 2 aromatic heterocycles. The maximum atomic E-state index is 12.9. The standard InChI is InChI=1S/C23H20N4O2S/c1-26-10-16(14-6-4-12(24)8-18(14)26)20-21(23(29)25-22(20)28)17-11-27(2)19-9-13(30-3)5-7-15(17)19/h4-11H,24H2,1-3H3,(H,25,28,29). The lowest BCUT2D eigenvalue weighted by Crippen LogP contribution is -2.22. The minimum Gasteiger partial charge on any atom is -0.399 e. The normalized spacial score (nSPS) is 14.4. The number of anilines is 1. The molecule has 0 radical (unpaired) electrons. The van der Waals surface area contributed by atoms with Crippen molar-refractivity contribution in [2.75, 3.05) is 12.0 Å². The van der Waals surface area contributed by atoms with E-state index in [1.165, 1.54) is 0 Å². The lowest BCUT2D eigenvalue weighted by atomic mass is 9.95. The summed E-state index contributed by atoms with van der Waals surface area (Å²) in [5.41, 5.74) is 10.8. The Morgan fingerprint density at radius 1 is 0.833 bits per heavy atom. The number of benzene rings is 2. The van der Waals surface area contributed by atoms with Gasteiger partial charge in [0.15, 0.2) is 0 Å². The van der Waals surface area contributed by atoms with Gasteiger partial charge in [0.2, 0.25) is 0 Å². The van der Waals surface area contributed by atoms with Crippen molar-refractivity contribution in [3.8, 4) is 0 Å². The van der Waals surface area contributed by atoms with Crippen LogP contribution in [0.1, 0.15) is 11.1 Å². The lowest BCUT2D eigenvalue weighted by Gasteiger charge is -2.04. The zero-order valence-corrected chi connectivity index (χ0v) is 17.6. The molecule has 2 aromatic carbocycles. The van der Waals surface area contributed by atoms with Gasteiger partial charge in [-0.1, -0.05) is 12.1 Å². The van der Waals surface area contributed by atoms with Crippen molar-refractivity contribution < 1.29 is 9.59 Å². The van der Waals surface area contributed by atoms with Crippen LogP contribution >= 0.6 is 11.8 Å². The summed E-state index contributed by atoms with van der Waals surface area (Å²) in [4.78, 5) is 27.0. The number of imide groups is 1. The second-order valence-electron chi connectivity index (χ2n) is 7.50. The zero-order valence-electron chi connectivity index (χ0n) is 16.8. The predicted octanol–water partition coefficient (Wildman–Crippen LogP) is 3.54. The number of carbonyl (C=O) groups excluding carboxylic acids is 2. The van der Waals surface area contributed by atoms with E-state index in [1.807, 2.05) is 72.2 Å². The van der Waals surface area contributed by atoms with Crippen LogP contribution in [0.3, 0.4) is 0 Å². The van der Waals surface area contributed by atoms with Gasteiger partial charge >= 0.3 is 0 Å². The van der Waals surface area contributed by atoms with Crippen LogP contribution in [0.4, 0.5) is 5.69 Å². The third-order valence-electron chi connectivity index (χ3n) is 5.68. The van der Waals surface area contributed by atoms with Gasteiger partial charge < -0.3 is 14.9 Å². The summed E-state index contributed by atoms with van der Waals surface area (Å²) >= 11 is 1.67. The number of thioether (sulfide) groups is 1. The molecule has 0 saturated carbocycles. The first-order valence-corrected chi connectivity index (χ1v) is 10.7. The van der Waals surface area contributed by atoms with Gasteiger partial charge in [-0.05, 0) is 30.5 Å². The highest BCUT2D eigenvalue weighted by molar-refractivity contribution is 7.98. The highest BCUT2D eigenvalue weighted by Gasteiger charge is 2.35. The Labute approximate surface area is 177 Å². The molecule has 3 N–H and O–H groups in total. The molecule has 30 heavy (non-hydrogen) atoms. The molecule has 0 fully saturated rings. The number of hydrogen-bond donors (Lipinski definition) is 2. The largest absolute Gasteiger partial charge is 0.399 e. The fraction of sp³-hybridized carbons (Fsp3) is 0.130. The van der Waals surface area contributed by atoms with E-state index >= 15 is 0 Å². The number of nitrogens with two attached hydrogens (primary N) is 1. The number of nitrogens with one attached hydrogen (secondary N) is 1. The van der Waals surface area contributed by atoms with Crippen molar-refractivity contribution >= 4 is 62.2 Å². The van der Waals surface area contributed by atoms with E-state index < -0.39 is 0 Å². The minimum atomic E-state index is -0.378. The molecular formula is C23H20N4O2S. The molecule has 0 atom stereocenters. The molecule has 0 saturated heterocycles. The number of rotatable bonds is 3. The molecule has 0 spiro atoms. The van der Waals surface area contributed by atoms with E-state index in [2.05, 4.69) is 11.4 Å². The molecular weight excluding hydrogens is 396 g/mol. The number of aryl methyl sites for hydroxylation is 2. The zero-order chi connectivity index (χ0) is 21.2. The van der Waals surface area contributed by atoms with Crippen LogP contribution in [-0.4, -0.2) is 27.2 Å². The molecule has 0 bridgehead atoms. The molecule has 6 nitrogen and oxygen atoms in total. The third-order valence-corrected chi connectivity index (χ3v) is 6.41. The molecule has 3 heterocycles. The van der Waals surface area contributed by atoms with Gasteiger partial charge in [0.05, 0.1) is 16.7 Å². The molecule has 1 aliphatic heterocycles. The van der Waals surface area contributed by atoms with E-state index in [0.717, 1.165) is 37.8 Å². The van der Waals surface area contributed by atoms with Crippen molar-refractivity contribution in [3.63, 3.8) is 0 Å². The van der Waals surface area contributed by atoms with Gasteiger partial charge in [-0.15, -0.1) is 11.8 Å². The van der Waals surface area contributed by atoms with E-state index in [9.17, 15) is 9.59 Å². The molecule has 7 heteroatoms. The average molecular weight is 417 g/mol. The highest BCUT2D eigenvalue weighted by Crippen LogP contribution is 2.39. The predicted molar refractivity (Wildman–Crippen MR) is 122 cm³/mol. The van der Waals surface area contributed by atoms with Crippen LogP contribution < -0.4 is 11.1 Å². The number of hydrogen-bond acceptors (Lipinski definition) is 4. The smallest absolute Gasteiger partial charge is 0.259 e. The van der Waals surface area contributed by atoms with Crippen LogP contribution in [0.2, 0.25) is 0 Å². The third kappa shape index (κ3) is 2.59. The first-order valence-electron chi connectivity index (χ1n) is 9.47. The first-order chi connectivity index (χ1) is 14.4. The Bertz CT molecular complexity index is 1420. The first kappa shape index (κ1) is 18.6. The summed E-state index contributed by atoms with van der Waals surface area (Å²) < 4.78 is 3.92. The number of carbonyl (C=O) groups is 2. The molecule has 150 valence electrons. The fourth-order valence-corrected chi connectivity index (χ4v) is 4.69. The number of fused-ring (bicyclic) bond motifs is 2. The van der Waals surface area contributed by atoms with Crippen molar-refractivity contribution in [2.45, 2.75) is 4.90 Å². The minimum absolute atomic E-state index is 0.371. The number of amides is 2. The molecule has 1 aliphatic rings. The Kier molecular flexibility index (Phi) is 4.04. The van der Waals surface area contributed by atoms with Gasteiger partial charge in [0.25, 0.3) is 11.8 Å². The lowest BCUT2D eigenvalue weighted by molar-refractivity contribution is -0.122. The Hall–Kier alpha value is -3.45. The van der Waals surface area contributed by atoms with Crippen LogP contribution in [0.5, 0.6) is 0 Å². The summed E-state index contributed by atoms with van der Waals surface area (Å²) in [6, 6.07) is 11.7. The molecule has 0 aliphatic carbocycles. The van der Waals surface area contributed by atoms with Crippen LogP contribution in [0.15, 0.2) is 53.7 Å². The number of nitrogens with zero attached hydrogens (tertiary/aromatic N) is 2. The Balaban J connectivity index is 1.83. The number of aromatic nitrogens is 2. The number of nitrogen functional groups attached to an aromatic ring is 1.